The molecule has 0 aromatic heterocycles. The maximum Gasteiger partial charge on any atom is 0.416 e. The quantitative estimate of drug-likeness (QED) is 0.563. The molecule has 0 radical (unpaired) electrons. The second-order valence-electron chi connectivity index (χ2n) is 1.86. The van der Waals surface area contributed by atoms with Crippen molar-refractivity contribution >= 4 is 18.2 Å². The van der Waals surface area contributed by atoms with Gasteiger partial charge in [-0.1, -0.05) is 0 Å². The minimum Gasteiger partial charge on any atom is -0.481 e. The Balaban J connectivity index is 4.06. The highest BCUT2D eigenvalue weighted by Gasteiger charge is 2.19. The van der Waals surface area contributed by atoms with E-state index in [-0.39, 0.29) is 4.90 Å². The summed E-state index contributed by atoms with van der Waals surface area (Å²) in [5, 5.41) is 24.5. The fraction of sp³-hybridized carbons (Fsp3) is 0.400. The summed E-state index contributed by atoms with van der Waals surface area (Å²) >= 11 is 0. The van der Waals surface area contributed by atoms with Crippen molar-refractivity contribution < 1.29 is 29.7 Å². The predicted octanol–water partition coefficient (Wildman–Crippen LogP) is 0.119. The summed E-state index contributed by atoms with van der Waals surface area (Å²) < 4.78 is 0. The van der Waals surface area contributed by atoms with Crippen molar-refractivity contribution in [2.45, 2.75) is 6.42 Å². The third kappa shape index (κ3) is 3.40. The minimum absolute atomic E-state index is 0.00806. The van der Waals surface area contributed by atoms with Crippen LogP contribution in [0.4, 0.5) is 9.59 Å². The van der Waals surface area contributed by atoms with Gasteiger partial charge in [0.15, 0.2) is 0 Å². The normalized spacial score (nSPS) is 9.00. The third-order valence-electron chi connectivity index (χ3n) is 1.01. The van der Waals surface area contributed by atoms with Gasteiger partial charge in [0, 0.05) is 6.54 Å². The molecule has 0 aliphatic heterocycles. The maximum absolute atomic E-state index is 10.1. The van der Waals surface area contributed by atoms with E-state index in [1.807, 2.05) is 0 Å². The van der Waals surface area contributed by atoms with Crippen molar-refractivity contribution in [1.82, 2.24) is 4.90 Å². The fourth-order valence-corrected chi connectivity index (χ4v) is 0.481. The number of carboxylic acids is 1. The first-order valence-corrected chi connectivity index (χ1v) is 2.90. The molecule has 0 aliphatic rings. The Morgan fingerprint density at radius 3 is 1.67 bits per heavy atom. The van der Waals surface area contributed by atoms with Crippen LogP contribution < -0.4 is 0 Å². The number of rotatable bonds is 3. The maximum atomic E-state index is 10.1. The van der Waals surface area contributed by atoms with Crippen LogP contribution in [0, 0.1) is 0 Å². The molecule has 7 nitrogen and oxygen atoms in total. The molecule has 0 aliphatic carbocycles. The number of carbonyl (C=O) groups is 3. The number of carboxylic acid groups (broad SMARTS) is 3. The second kappa shape index (κ2) is 4.16. The first-order chi connectivity index (χ1) is 5.45. The molecule has 0 saturated heterocycles. The van der Waals surface area contributed by atoms with Gasteiger partial charge in [-0.2, -0.15) is 0 Å². The van der Waals surface area contributed by atoms with Crippen LogP contribution in [0.1, 0.15) is 6.42 Å². The number of hydrogen-bond donors (Lipinski definition) is 3. The summed E-state index contributed by atoms with van der Waals surface area (Å²) in [6.45, 7) is -0.556. The Hall–Kier alpha value is -1.79. The summed E-state index contributed by atoms with van der Waals surface area (Å²) in [5.41, 5.74) is 0. The van der Waals surface area contributed by atoms with Crippen LogP contribution in [0.15, 0.2) is 0 Å². The first kappa shape index (κ1) is 10.2. The van der Waals surface area contributed by atoms with Crippen molar-refractivity contribution in [3.05, 3.63) is 0 Å². The highest BCUT2D eigenvalue weighted by molar-refractivity contribution is 5.86. The number of aliphatic carboxylic acids is 1. The molecule has 0 heterocycles. The van der Waals surface area contributed by atoms with Crippen molar-refractivity contribution in [1.29, 1.82) is 0 Å². The SMILES string of the molecule is O=C(O)CCN(C(=O)O)C(=O)O. The lowest BCUT2D eigenvalue weighted by Gasteiger charge is -2.10. The zero-order chi connectivity index (χ0) is 9.72. The molecule has 0 aromatic rings. The highest BCUT2D eigenvalue weighted by Crippen LogP contribution is 1.93. The molecule has 2 amide bonds. The van der Waals surface area contributed by atoms with E-state index in [1.54, 1.807) is 0 Å². The average Bonchev–Trinajstić information content (AvgIpc) is 1.84. The molecule has 0 bridgehead atoms. The molecule has 0 rings (SSSR count). The summed E-state index contributed by atoms with van der Waals surface area (Å²) in [4.78, 5) is 30.2. The molecule has 0 unspecified atom stereocenters. The summed E-state index contributed by atoms with van der Waals surface area (Å²) in [7, 11) is 0. The van der Waals surface area contributed by atoms with E-state index in [2.05, 4.69) is 0 Å². The third-order valence-corrected chi connectivity index (χ3v) is 1.01. The lowest BCUT2D eigenvalue weighted by molar-refractivity contribution is -0.137. The minimum atomic E-state index is -1.68. The van der Waals surface area contributed by atoms with E-state index < -0.39 is 31.1 Å². The summed E-state index contributed by atoms with van der Waals surface area (Å²) in [6, 6.07) is 0. The molecule has 12 heavy (non-hydrogen) atoms. The highest BCUT2D eigenvalue weighted by atomic mass is 16.4. The summed E-state index contributed by atoms with van der Waals surface area (Å²) in [6.07, 6.45) is -3.88. The molecule has 68 valence electrons. The van der Waals surface area contributed by atoms with Crippen LogP contribution in [-0.4, -0.2) is 44.9 Å². The average molecular weight is 177 g/mol. The van der Waals surface area contributed by atoms with Crippen LogP contribution >= 0.6 is 0 Å². The van der Waals surface area contributed by atoms with Gasteiger partial charge in [0.05, 0.1) is 6.42 Å². The van der Waals surface area contributed by atoms with Crippen molar-refractivity contribution in [3.63, 3.8) is 0 Å². The van der Waals surface area contributed by atoms with Crippen LogP contribution in [-0.2, 0) is 4.79 Å². The first-order valence-electron chi connectivity index (χ1n) is 2.90. The summed E-state index contributed by atoms with van der Waals surface area (Å²) in [5.74, 6) is -1.25. The van der Waals surface area contributed by atoms with Gasteiger partial charge in [0.25, 0.3) is 0 Å². The van der Waals surface area contributed by atoms with E-state index in [1.165, 1.54) is 0 Å². The monoisotopic (exact) mass is 177 g/mol. The lowest BCUT2D eigenvalue weighted by Crippen LogP contribution is -2.36. The molecular weight excluding hydrogens is 170 g/mol. The van der Waals surface area contributed by atoms with Crippen molar-refractivity contribution in [2.75, 3.05) is 6.54 Å². The smallest absolute Gasteiger partial charge is 0.416 e. The van der Waals surface area contributed by atoms with Gasteiger partial charge in [0.2, 0.25) is 0 Å². The van der Waals surface area contributed by atoms with E-state index in [0.29, 0.717) is 0 Å². The number of nitrogens with zero attached hydrogens (tertiary/aromatic N) is 1. The Labute approximate surface area is 66.8 Å². The van der Waals surface area contributed by atoms with Gasteiger partial charge in [-0.25, -0.2) is 14.5 Å². The van der Waals surface area contributed by atoms with Crippen LogP contribution in [0.3, 0.4) is 0 Å². The van der Waals surface area contributed by atoms with Gasteiger partial charge in [-0.3, -0.25) is 4.79 Å². The Morgan fingerprint density at radius 2 is 1.42 bits per heavy atom. The van der Waals surface area contributed by atoms with E-state index in [9.17, 15) is 14.4 Å². The standard InChI is InChI=1S/C5H7NO6/c7-3(8)1-2-6(4(9)10)5(11)12/h1-2H2,(H,7,8)(H,9,10)(H,11,12). The predicted molar refractivity (Wildman–Crippen MR) is 35.0 cm³/mol. The van der Waals surface area contributed by atoms with Crippen LogP contribution in [0.5, 0.6) is 0 Å². The number of hydrogen-bond acceptors (Lipinski definition) is 3. The lowest BCUT2D eigenvalue weighted by atomic mass is 10.4. The Morgan fingerprint density at radius 1 is 1.00 bits per heavy atom. The zero-order valence-corrected chi connectivity index (χ0v) is 5.93. The van der Waals surface area contributed by atoms with Gasteiger partial charge >= 0.3 is 18.2 Å². The molecule has 0 fully saturated rings. The van der Waals surface area contributed by atoms with E-state index >= 15 is 0 Å². The van der Waals surface area contributed by atoms with E-state index in [0.717, 1.165) is 0 Å². The largest absolute Gasteiger partial charge is 0.481 e. The van der Waals surface area contributed by atoms with Gasteiger partial charge in [-0.05, 0) is 0 Å². The second-order valence-corrected chi connectivity index (χ2v) is 1.86. The molecular formula is C5H7NO6. The van der Waals surface area contributed by atoms with Gasteiger partial charge in [0.1, 0.15) is 0 Å². The molecule has 0 atom stereocenters. The fourth-order valence-electron chi connectivity index (χ4n) is 0.481. The number of amides is 2. The van der Waals surface area contributed by atoms with Crippen LogP contribution in [0.25, 0.3) is 0 Å². The molecule has 0 aromatic carbocycles. The zero-order valence-electron chi connectivity index (χ0n) is 5.93. The van der Waals surface area contributed by atoms with Gasteiger partial charge < -0.3 is 15.3 Å². The van der Waals surface area contributed by atoms with E-state index in [4.69, 9.17) is 15.3 Å². The molecule has 0 saturated carbocycles. The van der Waals surface area contributed by atoms with Crippen molar-refractivity contribution in [3.8, 4) is 0 Å². The molecule has 0 spiro atoms. The Kier molecular flexibility index (Phi) is 3.54. The Bertz CT molecular complexity index is 198. The topological polar surface area (TPSA) is 115 Å². The molecule has 3 N–H and O–H groups in total. The van der Waals surface area contributed by atoms with Gasteiger partial charge in [-0.15, -0.1) is 0 Å². The van der Waals surface area contributed by atoms with Crippen molar-refractivity contribution in [2.24, 2.45) is 0 Å². The molecule has 7 heteroatoms. The number of imide groups is 1. The van der Waals surface area contributed by atoms with Crippen LogP contribution in [0.2, 0.25) is 0 Å².